The molecule has 1 aromatic heterocycles. The van der Waals surface area contributed by atoms with Gasteiger partial charge in [-0.3, -0.25) is 9.48 Å². The third kappa shape index (κ3) is 3.76. The third-order valence-electron chi connectivity index (χ3n) is 4.61. The minimum absolute atomic E-state index is 0.0148. The highest BCUT2D eigenvalue weighted by Gasteiger charge is 2.20. The van der Waals surface area contributed by atoms with E-state index in [1.165, 1.54) is 0 Å². The summed E-state index contributed by atoms with van der Waals surface area (Å²) in [5.41, 5.74) is 3.72. The topological polar surface area (TPSA) is 65.8 Å². The van der Waals surface area contributed by atoms with Crippen LogP contribution in [0.15, 0.2) is 12.1 Å². The quantitative estimate of drug-likeness (QED) is 0.757. The van der Waals surface area contributed by atoms with Gasteiger partial charge in [0.2, 0.25) is 11.7 Å². The molecule has 0 spiro atoms. The van der Waals surface area contributed by atoms with Crippen LogP contribution in [-0.4, -0.2) is 49.0 Å². The monoisotopic (exact) mass is 361 g/mol. The zero-order valence-electron chi connectivity index (χ0n) is 16.5. The fraction of sp³-hybridized carbons (Fsp3) is 0.474. The van der Waals surface area contributed by atoms with Crippen LogP contribution in [0.4, 0.5) is 0 Å². The Kier molecular flexibility index (Phi) is 6.13. The van der Waals surface area contributed by atoms with Crippen LogP contribution in [0.3, 0.4) is 0 Å². The predicted octanol–water partition coefficient (Wildman–Crippen LogP) is 2.26. The van der Waals surface area contributed by atoms with Crippen molar-refractivity contribution >= 4 is 5.91 Å². The number of ether oxygens (including phenoxy) is 3. The van der Waals surface area contributed by atoms with Gasteiger partial charge in [-0.05, 0) is 26.0 Å². The molecular weight excluding hydrogens is 334 g/mol. The largest absolute Gasteiger partial charge is 0.493 e. The van der Waals surface area contributed by atoms with E-state index in [0.717, 1.165) is 22.5 Å². The van der Waals surface area contributed by atoms with Gasteiger partial charge in [0.1, 0.15) is 0 Å². The third-order valence-corrected chi connectivity index (χ3v) is 4.61. The lowest BCUT2D eigenvalue weighted by molar-refractivity contribution is -0.129. The van der Waals surface area contributed by atoms with Crippen LogP contribution >= 0.6 is 0 Å². The number of amides is 1. The van der Waals surface area contributed by atoms with E-state index in [9.17, 15) is 4.79 Å². The summed E-state index contributed by atoms with van der Waals surface area (Å²) in [4.78, 5) is 14.4. The Hall–Kier alpha value is -2.70. The molecule has 0 bridgehead atoms. The summed E-state index contributed by atoms with van der Waals surface area (Å²) in [5.74, 6) is 1.69. The van der Waals surface area contributed by atoms with Gasteiger partial charge in [-0.15, -0.1) is 0 Å². The zero-order valence-corrected chi connectivity index (χ0v) is 16.5. The van der Waals surface area contributed by atoms with Crippen molar-refractivity contribution in [2.75, 3.05) is 28.4 Å². The molecule has 2 aromatic rings. The van der Waals surface area contributed by atoms with Gasteiger partial charge in [0.25, 0.3) is 0 Å². The Morgan fingerprint density at radius 1 is 1.12 bits per heavy atom. The molecule has 142 valence electrons. The van der Waals surface area contributed by atoms with Crippen molar-refractivity contribution in [3.8, 4) is 17.2 Å². The van der Waals surface area contributed by atoms with E-state index in [1.807, 2.05) is 33.0 Å². The number of nitrogens with zero attached hydrogens (tertiary/aromatic N) is 3. The molecule has 1 amide bonds. The number of rotatable bonds is 7. The van der Waals surface area contributed by atoms with Crippen molar-refractivity contribution < 1.29 is 19.0 Å². The summed E-state index contributed by atoms with van der Waals surface area (Å²) in [6.07, 6.45) is 0.317. The van der Waals surface area contributed by atoms with Crippen molar-refractivity contribution in [1.82, 2.24) is 14.7 Å². The van der Waals surface area contributed by atoms with Gasteiger partial charge < -0.3 is 19.1 Å². The molecule has 7 heteroatoms. The molecule has 0 N–H and O–H groups in total. The van der Waals surface area contributed by atoms with Crippen molar-refractivity contribution in [3.05, 3.63) is 34.6 Å². The molecule has 0 radical (unpaired) electrons. The Balaban J connectivity index is 2.21. The van der Waals surface area contributed by atoms with Crippen LogP contribution < -0.4 is 14.2 Å². The van der Waals surface area contributed by atoms with E-state index in [4.69, 9.17) is 14.2 Å². The molecule has 0 saturated carbocycles. The number of carbonyl (C=O) groups is 1. The van der Waals surface area contributed by atoms with E-state index < -0.39 is 0 Å². The summed E-state index contributed by atoms with van der Waals surface area (Å²) in [5, 5.41) is 4.37. The molecule has 2 rings (SSSR count). The molecule has 0 atom stereocenters. The van der Waals surface area contributed by atoms with Crippen molar-refractivity contribution in [2.45, 2.75) is 26.8 Å². The van der Waals surface area contributed by atoms with Crippen LogP contribution in [0.2, 0.25) is 0 Å². The van der Waals surface area contributed by atoms with Crippen LogP contribution in [0.5, 0.6) is 17.2 Å². The molecule has 1 heterocycles. The zero-order chi connectivity index (χ0) is 19.4. The Morgan fingerprint density at radius 2 is 1.77 bits per heavy atom. The van der Waals surface area contributed by atoms with Gasteiger partial charge in [0, 0.05) is 37.5 Å². The average molecular weight is 361 g/mol. The molecule has 0 saturated heterocycles. The van der Waals surface area contributed by atoms with Crippen LogP contribution in [0.25, 0.3) is 0 Å². The summed E-state index contributed by atoms with van der Waals surface area (Å²) in [7, 11) is 8.37. The lowest BCUT2D eigenvalue weighted by Crippen LogP contribution is -2.28. The van der Waals surface area contributed by atoms with Crippen LogP contribution in [0, 0.1) is 13.8 Å². The Morgan fingerprint density at radius 3 is 2.27 bits per heavy atom. The minimum atomic E-state index is 0.0148. The SMILES string of the molecule is COc1ccc(CN(C)C(=O)Cc2c(C)nn(C)c2C)c(OC)c1OC. The Labute approximate surface area is 154 Å². The fourth-order valence-electron chi connectivity index (χ4n) is 2.99. The van der Waals surface area contributed by atoms with Crippen LogP contribution in [0.1, 0.15) is 22.5 Å². The standard InChI is InChI=1S/C19H27N3O4/c1-12-15(13(2)22(4)20-12)10-17(23)21(3)11-14-8-9-16(24-5)19(26-7)18(14)25-6/h8-9H,10-11H2,1-7H3. The molecule has 7 nitrogen and oxygen atoms in total. The van der Waals surface area contributed by atoms with Gasteiger partial charge >= 0.3 is 0 Å². The average Bonchev–Trinajstić information content (AvgIpc) is 2.86. The first-order valence-corrected chi connectivity index (χ1v) is 8.34. The number of hydrogen-bond donors (Lipinski definition) is 0. The fourth-order valence-corrected chi connectivity index (χ4v) is 2.99. The van der Waals surface area contributed by atoms with E-state index in [0.29, 0.717) is 30.2 Å². The van der Waals surface area contributed by atoms with Crippen molar-refractivity contribution in [1.29, 1.82) is 0 Å². The second kappa shape index (κ2) is 8.12. The van der Waals surface area contributed by atoms with Gasteiger partial charge in [-0.1, -0.05) is 0 Å². The van der Waals surface area contributed by atoms with Crippen LogP contribution in [-0.2, 0) is 24.8 Å². The number of likely N-dealkylation sites (N-methyl/N-ethyl adjacent to an activating group) is 1. The molecular formula is C19H27N3O4. The highest BCUT2D eigenvalue weighted by Crippen LogP contribution is 2.40. The van der Waals surface area contributed by atoms with E-state index >= 15 is 0 Å². The normalized spacial score (nSPS) is 10.6. The highest BCUT2D eigenvalue weighted by atomic mass is 16.5. The first-order valence-electron chi connectivity index (χ1n) is 8.34. The molecule has 0 unspecified atom stereocenters. The highest BCUT2D eigenvalue weighted by molar-refractivity contribution is 5.79. The summed E-state index contributed by atoms with van der Waals surface area (Å²) < 4.78 is 18.0. The lowest BCUT2D eigenvalue weighted by atomic mass is 10.1. The maximum atomic E-state index is 12.7. The summed E-state index contributed by atoms with van der Waals surface area (Å²) in [6, 6.07) is 3.69. The number of methoxy groups -OCH3 is 3. The van der Waals surface area contributed by atoms with Gasteiger partial charge in [-0.25, -0.2) is 0 Å². The van der Waals surface area contributed by atoms with E-state index in [-0.39, 0.29) is 5.91 Å². The number of carbonyl (C=O) groups excluding carboxylic acids is 1. The molecule has 0 aliphatic heterocycles. The Bertz CT molecular complexity index is 799. The first-order chi connectivity index (χ1) is 12.3. The van der Waals surface area contributed by atoms with Crippen molar-refractivity contribution in [3.63, 3.8) is 0 Å². The van der Waals surface area contributed by atoms with E-state index in [2.05, 4.69) is 5.10 Å². The summed E-state index contributed by atoms with van der Waals surface area (Å²) in [6.45, 7) is 4.30. The lowest BCUT2D eigenvalue weighted by Gasteiger charge is -2.21. The molecule has 0 aliphatic carbocycles. The molecule has 0 fully saturated rings. The second-order valence-corrected chi connectivity index (χ2v) is 6.19. The predicted molar refractivity (Wildman–Crippen MR) is 99.0 cm³/mol. The van der Waals surface area contributed by atoms with Gasteiger partial charge in [-0.2, -0.15) is 5.10 Å². The molecule has 1 aromatic carbocycles. The second-order valence-electron chi connectivity index (χ2n) is 6.19. The number of benzene rings is 1. The molecule has 0 aliphatic rings. The maximum Gasteiger partial charge on any atom is 0.227 e. The smallest absolute Gasteiger partial charge is 0.227 e. The number of aryl methyl sites for hydroxylation is 2. The summed E-state index contributed by atoms with van der Waals surface area (Å²) >= 11 is 0. The van der Waals surface area contributed by atoms with Gasteiger partial charge in [0.15, 0.2) is 11.5 Å². The first kappa shape index (κ1) is 19.6. The number of aromatic nitrogens is 2. The van der Waals surface area contributed by atoms with E-state index in [1.54, 1.807) is 38.0 Å². The minimum Gasteiger partial charge on any atom is -0.493 e. The maximum absolute atomic E-state index is 12.7. The number of hydrogen-bond acceptors (Lipinski definition) is 5. The van der Waals surface area contributed by atoms with Gasteiger partial charge in [0.05, 0.1) is 33.4 Å². The molecule has 26 heavy (non-hydrogen) atoms. The van der Waals surface area contributed by atoms with Crippen molar-refractivity contribution in [2.24, 2.45) is 7.05 Å².